The van der Waals surface area contributed by atoms with Gasteiger partial charge in [0.2, 0.25) is 0 Å². The number of anilines is 1. The van der Waals surface area contributed by atoms with Crippen LogP contribution in [0.1, 0.15) is 10.4 Å². The van der Waals surface area contributed by atoms with Gasteiger partial charge in [-0.1, -0.05) is 30.3 Å². The normalized spacial score (nSPS) is 10.4. The van der Waals surface area contributed by atoms with Crippen molar-refractivity contribution in [1.29, 1.82) is 0 Å². The van der Waals surface area contributed by atoms with Gasteiger partial charge in [0, 0.05) is 12.4 Å². The zero-order valence-electron chi connectivity index (χ0n) is 15.8. The van der Waals surface area contributed by atoms with E-state index >= 15 is 0 Å². The van der Waals surface area contributed by atoms with E-state index in [4.69, 9.17) is 9.47 Å². The molecule has 0 unspecified atom stereocenters. The van der Waals surface area contributed by atoms with Crippen molar-refractivity contribution >= 4 is 28.6 Å². The number of ether oxygens (including phenoxy) is 2. The second kappa shape index (κ2) is 8.83. The van der Waals surface area contributed by atoms with Gasteiger partial charge < -0.3 is 14.8 Å². The number of benzene rings is 3. The lowest BCUT2D eigenvalue weighted by atomic mass is 10.2. The van der Waals surface area contributed by atoms with Gasteiger partial charge in [0.15, 0.2) is 12.4 Å². The van der Waals surface area contributed by atoms with Crippen molar-refractivity contribution in [3.8, 4) is 11.5 Å². The minimum atomic E-state index is -0.619. The third-order valence-electron chi connectivity index (χ3n) is 4.17. The third-order valence-corrected chi connectivity index (χ3v) is 4.17. The Bertz CT molecular complexity index is 1200. The molecular weight excluding hydrogens is 382 g/mol. The standard InChI is InChI=1S/C23H17N3O4/c27-22(15-29-23(28)16-10-11-18-20(14-16)25-13-12-24-18)26-19-8-4-5-9-21(19)30-17-6-2-1-3-7-17/h1-14H,15H2,(H,26,27). The topological polar surface area (TPSA) is 90.4 Å². The van der Waals surface area contributed by atoms with E-state index in [2.05, 4.69) is 15.3 Å². The molecule has 148 valence electrons. The van der Waals surface area contributed by atoms with Crippen LogP contribution < -0.4 is 10.1 Å². The zero-order chi connectivity index (χ0) is 20.8. The smallest absolute Gasteiger partial charge is 0.338 e. The first-order chi connectivity index (χ1) is 14.7. The fourth-order valence-corrected chi connectivity index (χ4v) is 2.77. The Balaban J connectivity index is 1.38. The van der Waals surface area contributed by atoms with Gasteiger partial charge >= 0.3 is 5.97 Å². The highest BCUT2D eigenvalue weighted by molar-refractivity contribution is 5.97. The van der Waals surface area contributed by atoms with Crippen LogP contribution in [0.5, 0.6) is 11.5 Å². The molecule has 30 heavy (non-hydrogen) atoms. The molecule has 3 aromatic carbocycles. The van der Waals surface area contributed by atoms with Crippen molar-refractivity contribution in [2.75, 3.05) is 11.9 Å². The fourth-order valence-electron chi connectivity index (χ4n) is 2.77. The number of rotatable bonds is 6. The molecule has 1 N–H and O–H groups in total. The molecular formula is C23H17N3O4. The van der Waals surface area contributed by atoms with Gasteiger partial charge in [-0.3, -0.25) is 14.8 Å². The molecule has 0 aliphatic heterocycles. The number of hydrogen-bond donors (Lipinski definition) is 1. The number of carbonyl (C=O) groups is 2. The van der Waals surface area contributed by atoms with Gasteiger partial charge in [-0.25, -0.2) is 4.79 Å². The maximum absolute atomic E-state index is 12.3. The Morgan fingerprint density at radius 3 is 2.40 bits per heavy atom. The van der Waals surface area contributed by atoms with Crippen LogP contribution in [0.25, 0.3) is 11.0 Å². The monoisotopic (exact) mass is 399 g/mol. The van der Waals surface area contributed by atoms with E-state index in [1.807, 2.05) is 30.3 Å². The summed E-state index contributed by atoms with van der Waals surface area (Å²) in [5.41, 5.74) is 2.01. The van der Waals surface area contributed by atoms with Gasteiger partial charge in [-0.2, -0.15) is 0 Å². The molecule has 7 heteroatoms. The highest BCUT2D eigenvalue weighted by Crippen LogP contribution is 2.29. The van der Waals surface area contributed by atoms with Crippen molar-refractivity contribution in [3.63, 3.8) is 0 Å². The number of aromatic nitrogens is 2. The maximum Gasteiger partial charge on any atom is 0.338 e. The molecule has 0 saturated heterocycles. The van der Waals surface area contributed by atoms with Gasteiger partial charge in [-0.15, -0.1) is 0 Å². The summed E-state index contributed by atoms with van der Waals surface area (Å²) in [7, 11) is 0. The number of amides is 1. The lowest BCUT2D eigenvalue weighted by Crippen LogP contribution is -2.21. The molecule has 0 aliphatic carbocycles. The maximum atomic E-state index is 12.3. The van der Waals surface area contributed by atoms with Gasteiger partial charge in [0.25, 0.3) is 5.91 Å². The molecule has 1 amide bonds. The number of fused-ring (bicyclic) bond motifs is 1. The van der Waals surface area contributed by atoms with Crippen LogP contribution in [0, 0.1) is 0 Å². The van der Waals surface area contributed by atoms with E-state index in [1.54, 1.807) is 54.9 Å². The second-order valence-corrected chi connectivity index (χ2v) is 6.30. The summed E-state index contributed by atoms with van der Waals surface area (Å²) >= 11 is 0. The Labute approximate surface area is 172 Å². The van der Waals surface area contributed by atoms with Crippen molar-refractivity contribution in [2.45, 2.75) is 0 Å². The molecule has 0 aliphatic rings. The van der Waals surface area contributed by atoms with E-state index in [0.717, 1.165) is 0 Å². The van der Waals surface area contributed by atoms with Crippen LogP contribution in [-0.2, 0) is 9.53 Å². The predicted molar refractivity (Wildman–Crippen MR) is 111 cm³/mol. The molecule has 0 radical (unpaired) electrons. The molecule has 4 aromatic rings. The van der Waals surface area contributed by atoms with Gasteiger partial charge in [-0.05, 0) is 42.5 Å². The summed E-state index contributed by atoms with van der Waals surface area (Å²) < 4.78 is 10.9. The summed E-state index contributed by atoms with van der Waals surface area (Å²) in [6.45, 7) is -0.434. The Hall–Kier alpha value is -4.26. The van der Waals surface area contributed by atoms with Crippen molar-refractivity contribution in [3.05, 3.63) is 90.8 Å². The molecule has 7 nitrogen and oxygen atoms in total. The molecule has 1 aromatic heterocycles. The minimum Gasteiger partial charge on any atom is -0.455 e. The van der Waals surface area contributed by atoms with E-state index in [-0.39, 0.29) is 0 Å². The summed E-state index contributed by atoms with van der Waals surface area (Å²) in [6, 6.07) is 21.1. The molecule has 0 bridgehead atoms. The van der Waals surface area contributed by atoms with Crippen LogP contribution in [-0.4, -0.2) is 28.5 Å². The first-order valence-electron chi connectivity index (χ1n) is 9.19. The fraction of sp³-hybridized carbons (Fsp3) is 0.0435. The molecule has 1 heterocycles. The van der Waals surface area contributed by atoms with Crippen molar-refractivity contribution in [1.82, 2.24) is 9.97 Å². The number of nitrogens with one attached hydrogen (secondary N) is 1. The van der Waals surface area contributed by atoms with Crippen molar-refractivity contribution < 1.29 is 19.1 Å². The Kier molecular flexibility index (Phi) is 5.61. The second-order valence-electron chi connectivity index (χ2n) is 6.30. The van der Waals surface area contributed by atoms with E-state index in [0.29, 0.717) is 33.8 Å². The van der Waals surface area contributed by atoms with E-state index in [1.165, 1.54) is 0 Å². The molecule has 0 spiro atoms. The van der Waals surface area contributed by atoms with Gasteiger partial charge in [0.05, 0.1) is 22.3 Å². The summed E-state index contributed by atoms with van der Waals surface area (Å²) in [4.78, 5) is 32.9. The van der Waals surface area contributed by atoms with Crippen LogP contribution in [0.4, 0.5) is 5.69 Å². The Morgan fingerprint density at radius 1 is 0.833 bits per heavy atom. The summed E-state index contributed by atoms with van der Waals surface area (Å²) in [6.07, 6.45) is 3.11. The molecule has 0 saturated carbocycles. The minimum absolute atomic E-state index is 0.295. The zero-order valence-corrected chi connectivity index (χ0v) is 15.8. The number of hydrogen-bond acceptors (Lipinski definition) is 6. The number of nitrogens with zero attached hydrogens (tertiary/aromatic N) is 2. The SMILES string of the molecule is O=C(COC(=O)c1ccc2nccnc2c1)Nc1ccccc1Oc1ccccc1. The third kappa shape index (κ3) is 4.59. The summed E-state index contributed by atoms with van der Waals surface area (Å²) in [5.74, 6) is 0.0288. The number of para-hydroxylation sites is 3. The van der Waals surface area contributed by atoms with Crippen molar-refractivity contribution in [2.24, 2.45) is 0 Å². The van der Waals surface area contributed by atoms with Gasteiger partial charge in [0.1, 0.15) is 5.75 Å². The van der Waals surface area contributed by atoms with Crippen LogP contribution in [0.15, 0.2) is 85.2 Å². The van der Waals surface area contributed by atoms with E-state index < -0.39 is 18.5 Å². The first-order valence-corrected chi connectivity index (χ1v) is 9.19. The van der Waals surface area contributed by atoms with Crippen LogP contribution in [0.3, 0.4) is 0 Å². The average Bonchev–Trinajstić information content (AvgIpc) is 2.79. The summed E-state index contributed by atoms with van der Waals surface area (Å²) in [5, 5.41) is 2.70. The lowest BCUT2D eigenvalue weighted by molar-refractivity contribution is -0.119. The highest BCUT2D eigenvalue weighted by Gasteiger charge is 2.13. The van der Waals surface area contributed by atoms with Crippen LogP contribution >= 0.6 is 0 Å². The van der Waals surface area contributed by atoms with Crippen LogP contribution in [0.2, 0.25) is 0 Å². The molecule has 4 rings (SSSR count). The largest absolute Gasteiger partial charge is 0.455 e. The predicted octanol–water partition coefficient (Wildman–Crippen LogP) is 4.22. The van der Waals surface area contributed by atoms with E-state index in [9.17, 15) is 9.59 Å². The average molecular weight is 399 g/mol. The lowest BCUT2D eigenvalue weighted by Gasteiger charge is -2.12. The quantitative estimate of drug-likeness (QED) is 0.488. The molecule has 0 atom stereocenters. The first kappa shape index (κ1) is 19.1. The highest BCUT2D eigenvalue weighted by atomic mass is 16.5. The number of esters is 1. The molecule has 0 fully saturated rings. The Morgan fingerprint density at radius 2 is 1.57 bits per heavy atom. The number of carbonyl (C=O) groups excluding carboxylic acids is 2.